The molecule has 0 saturated heterocycles. The van der Waals surface area contributed by atoms with E-state index in [0.717, 1.165) is 11.4 Å². The molecule has 0 heterocycles. The van der Waals surface area contributed by atoms with E-state index < -0.39 is 0 Å². The van der Waals surface area contributed by atoms with E-state index >= 15 is 0 Å². The lowest BCUT2D eigenvalue weighted by atomic mass is 10.2. The fourth-order valence-corrected chi connectivity index (χ4v) is 1.93. The van der Waals surface area contributed by atoms with Gasteiger partial charge in [-0.15, -0.1) is 0 Å². The number of rotatable bonds is 2. The molecule has 0 saturated carbocycles. The van der Waals surface area contributed by atoms with E-state index in [0.29, 0.717) is 10.7 Å². The largest absolute Gasteiger partial charge is 0.399 e. The molecule has 0 amide bonds. The summed E-state index contributed by atoms with van der Waals surface area (Å²) in [7, 11) is 1.83. The van der Waals surface area contributed by atoms with Gasteiger partial charge in [0.05, 0.1) is 10.7 Å². The molecular weight excluding hydrogens is 239 g/mol. The molecule has 17 heavy (non-hydrogen) atoms. The summed E-state index contributed by atoms with van der Waals surface area (Å²) < 4.78 is 13.1. The molecule has 0 aliphatic rings. The van der Waals surface area contributed by atoms with Gasteiger partial charge in [0.2, 0.25) is 0 Å². The first kappa shape index (κ1) is 11.7. The second kappa shape index (κ2) is 4.63. The van der Waals surface area contributed by atoms with E-state index in [2.05, 4.69) is 0 Å². The van der Waals surface area contributed by atoms with Crippen molar-refractivity contribution in [3.05, 3.63) is 53.3 Å². The highest BCUT2D eigenvalue weighted by molar-refractivity contribution is 6.33. The Morgan fingerprint density at radius 3 is 2.59 bits per heavy atom. The second-order valence-electron chi connectivity index (χ2n) is 3.75. The molecule has 88 valence electrons. The standard InChI is InChI=1S/C13H12ClFN2/c1-17(11-4-2-3-9(15)7-11)13-6-5-10(16)8-12(13)14/h2-8H,16H2,1H3. The van der Waals surface area contributed by atoms with Crippen LogP contribution < -0.4 is 10.6 Å². The SMILES string of the molecule is CN(c1cccc(F)c1)c1ccc(N)cc1Cl. The third-order valence-electron chi connectivity index (χ3n) is 2.53. The molecule has 2 nitrogen and oxygen atoms in total. The fraction of sp³-hybridized carbons (Fsp3) is 0.0769. The zero-order valence-electron chi connectivity index (χ0n) is 9.32. The molecule has 0 aliphatic heterocycles. The quantitative estimate of drug-likeness (QED) is 0.821. The number of halogens is 2. The first-order valence-electron chi connectivity index (χ1n) is 5.12. The summed E-state index contributed by atoms with van der Waals surface area (Å²) in [4.78, 5) is 1.81. The van der Waals surface area contributed by atoms with Crippen LogP contribution in [-0.2, 0) is 0 Å². The van der Waals surface area contributed by atoms with Gasteiger partial charge in [-0.05, 0) is 36.4 Å². The molecule has 2 aromatic rings. The van der Waals surface area contributed by atoms with Gasteiger partial charge in [-0.25, -0.2) is 4.39 Å². The maximum absolute atomic E-state index is 13.1. The zero-order chi connectivity index (χ0) is 12.4. The minimum Gasteiger partial charge on any atom is -0.399 e. The van der Waals surface area contributed by atoms with Gasteiger partial charge in [-0.1, -0.05) is 17.7 Å². The molecule has 2 N–H and O–H groups in total. The van der Waals surface area contributed by atoms with Crippen molar-refractivity contribution in [3.8, 4) is 0 Å². The van der Waals surface area contributed by atoms with E-state index in [4.69, 9.17) is 17.3 Å². The summed E-state index contributed by atoms with van der Waals surface area (Å²) in [6.45, 7) is 0. The first-order valence-corrected chi connectivity index (χ1v) is 5.50. The lowest BCUT2D eigenvalue weighted by Crippen LogP contribution is -2.10. The molecule has 2 rings (SSSR count). The Kier molecular flexibility index (Phi) is 3.20. The number of hydrogen-bond donors (Lipinski definition) is 1. The molecule has 0 aliphatic carbocycles. The third-order valence-corrected chi connectivity index (χ3v) is 2.83. The number of nitrogens with zero attached hydrogens (tertiary/aromatic N) is 1. The summed E-state index contributed by atoms with van der Waals surface area (Å²) in [5, 5.41) is 0.539. The lowest BCUT2D eigenvalue weighted by Gasteiger charge is -2.21. The highest BCUT2D eigenvalue weighted by Gasteiger charge is 2.08. The molecule has 0 unspecified atom stereocenters. The van der Waals surface area contributed by atoms with Crippen molar-refractivity contribution in [3.63, 3.8) is 0 Å². The number of nitrogens with two attached hydrogens (primary N) is 1. The van der Waals surface area contributed by atoms with Gasteiger partial charge in [-0.2, -0.15) is 0 Å². The Labute approximate surface area is 104 Å². The minimum absolute atomic E-state index is 0.277. The van der Waals surface area contributed by atoms with Gasteiger partial charge in [-0.3, -0.25) is 0 Å². The van der Waals surface area contributed by atoms with Gasteiger partial charge >= 0.3 is 0 Å². The van der Waals surface area contributed by atoms with Gasteiger partial charge in [0, 0.05) is 18.4 Å². The van der Waals surface area contributed by atoms with Crippen LogP contribution in [0.3, 0.4) is 0 Å². The van der Waals surface area contributed by atoms with Crippen LogP contribution in [0.1, 0.15) is 0 Å². The Bertz CT molecular complexity index is 543. The van der Waals surface area contributed by atoms with Crippen molar-refractivity contribution in [2.45, 2.75) is 0 Å². The average molecular weight is 251 g/mol. The van der Waals surface area contributed by atoms with Crippen LogP contribution in [0, 0.1) is 5.82 Å². The van der Waals surface area contributed by atoms with E-state index in [1.54, 1.807) is 18.2 Å². The van der Waals surface area contributed by atoms with Crippen LogP contribution in [0.4, 0.5) is 21.5 Å². The normalized spacial score (nSPS) is 10.3. The average Bonchev–Trinajstić information content (AvgIpc) is 2.28. The summed E-state index contributed by atoms with van der Waals surface area (Å²) >= 11 is 6.10. The third kappa shape index (κ3) is 2.50. The lowest BCUT2D eigenvalue weighted by molar-refractivity contribution is 0.628. The molecule has 0 aromatic heterocycles. The second-order valence-corrected chi connectivity index (χ2v) is 4.16. The van der Waals surface area contributed by atoms with Gasteiger partial charge < -0.3 is 10.6 Å². The summed E-state index contributed by atoms with van der Waals surface area (Å²) in [5.41, 5.74) is 7.75. The Balaban J connectivity index is 2.40. The van der Waals surface area contributed by atoms with Crippen LogP contribution in [0.5, 0.6) is 0 Å². The van der Waals surface area contributed by atoms with Gasteiger partial charge in [0.1, 0.15) is 5.82 Å². The number of benzene rings is 2. The highest BCUT2D eigenvalue weighted by atomic mass is 35.5. The topological polar surface area (TPSA) is 29.3 Å². The van der Waals surface area contributed by atoms with Crippen molar-refractivity contribution in [1.29, 1.82) is 0 Å². The first-order chi connectivity index (χ1) is 8.08. The summed E-state index contributed by atoms with van der Waals surface area (Å²) in [6.07, 6.45) is 0. The molecule has 0 fully saturated rings. The summed E-state index contributed by atoms with van der Waals surface area (Å²) in [6, 6.07) is 11.6. The maximum Gasteiger partial charge on any atom is 0.125 e. The predicted molar refractivity (Wildman–Crippen MR) is 70.3 cm³/mol. The molecule has 0 bridgehead atoms. The van der Waals surface area contributed by atoms with E-state index in [-0.39, 0.29) is 5.82 Å². The van der Waals surface area contributed by atoms with Crippen molar-refractivity contribution < 1.29 is 4.39 Å². The monoisotopic (exact) mass is 250 g/mol. The molecule has 2 aromatic carbocycles. The molecule has 0 atom stereocenters. The van der Waals surface area contributed by atoms with E-state index in [1.165, 1.54) is 12.1 Å². The van der Waals surface area contributed by atoms with Crippen molar-refractivity contribution >= 4 is 28.7 Å². The maximum atomic E-state index is 13.1. The van der Waals surface area contributed by atoms with Gasteiger partial charge in [0.25, 0.3) is 0 Å². The predicted octanol–water partition coefficient (Wildman–Crippen LogP) is 3.83. The smallest absolute Gasteiger partial charge is 0.125 e. The fourth-order valence-electron chi connectivity index (χ4n) is 1.62. The highest BCUT2D eigenvalue weighted by Crippen LogP contribution is 2.31. The van der Waals surface area contributed by atoms with Crippen LogP contribution in [0.2, 0.25) is 5.02 Å². The Morgan fingerprint density at radius 1 is 1.18 bits per heavy atom. The van der Waals surface area contributed by atoms with Crippen LogP contribution in [0.15, 0.2) is 42.5 Å². The van der Waals surface area contributed by atoms with E-state index in [9.17, 15) is 4.39 Å². The number of nitrogen functional groups attached to an aromatic ring is 1. The van der Waals surface area contributed by atoms with Gasteiger partial charge in [0.15, 0.2) is 0 Å². The van der Waals surface area contributed by atoms with Crippen molar-refractivity contribution in [2.75, 3.05) is 17.7 Å². The molecule has 0 radical (unpaired) electrons. The van der Waals surface area contributed by atoms with Crippen molar-refractivity contribution in [1.82, 2.24) is 0 Å². The summed E-state index contributed by atoms with van der Waals surface area (Å²) in [5.74, 6) is -0.277. The minimum atomic E-state index is -0.277. The number of hydrogen-bond acceptors (Lipinski definition) is 2. The van der Waals surface area contributed by atoms with Crippen molar-refractivity contribution in [2.24, 2.45) is 0 Å². The van der Waals surface area contributed by atoms with E-state index in [1.807, 2.05) is 24.1 Å². The van der Waals surface area contributed by atoms with Crippen LogP contribution >= 0.6 is 11.6 Å². The zero-order valence-corrected chi connectivity index (χ0v) is 10.1. The number of anilines is 3. The van der Waals surface area contributed by atoms with Crippen LogP contribution in [0.25, 0.3) is 0 Å². The Hall–Kier alpha value is -1.74. The van der Waals surface area contributed by atoms with Crippen LogP contribution in [-0.4, -0.2) is 7.05 Å². The molecule has 0 spiro atoms. The molecular formula is C13H12ClFN2. The Morgan fingerprint density at radius 2 is 1.94 bits per heavy atom. The molecule has 4 heteroatoms.